The minimum atomic E-state index is -4.22. The van der Waals surface area contributed by atoms with Crippen LogP contribution >= 0.6 is 11.0 Å². The third-order valence-corrected chi connectivity index (χ3v) is 11.2. The van der Waals surface area contributed by atoms with Crippen LogP contribution in [0.2, 0.25) is 0 Å². The molecule has 30 heavy (non-hydrogen) atoms. The molecule has 1 aliphatic carbocycles. The maximum Gasteiger partial charge on any atom is 0.373 e. The first-order valence-corrected chi connectivity index (χ1v) is 13.3. The number of nitrogens with zero attached hydrogens (tertiary/aromatic N) is 2. The number of carbonyl (C=O) groups excluding carboxylic acids is 1. The van der Waals surface area contributed by atoms with Crippen LogP contribution in [0.3, 0.4) is 0 Å². The molecule has 5 aliphatic heterocycles. The number of carbonyl (C=O) groups is 1. The quantitative estimate of drug-likeness (QED) is 0.246. The molecule has 1 aromatic rings. The number of rotatable bonds is 2. The summed E-state index contributed by atoms with van der Waals surface area (Å²) in [6.45, 7) is 1.76. The van der Waals surface area contributed by atoms with Crippen molar-refractivity contribution in [1.82, 2.24) is 0 Å². The topological polar surface area (TPSA) is 83.9 Å². The first kappa shape index (κ1) is 18.2. The number of anilines is 1. The molecule has 7 atom stereocenters. The molecular formula is C21H23N2O5S2+. The van der Waals surface area contributed by atoms with Gasteiger partial charge in [-0.3, -0.25) is 9.35 Å². The number of para-hydroxylation sites is 1. The fourth-order valence-electron chi connectivity index (χ4n) is 8.07. The zero-order valence-corrected chi connectivity index (χ0v) is 17.9. The molecular weight excluding hydrogens is 424 g/mol. The van der Waals surface area contributed by atoms with Crippen molar-refractivity contribution in [2.24, 2.45) is 11.8 Å². The van der Waals surface area contributed by atoms with Gasteiger partial charge < -0.3 is 9.64 Å². The molecule has 6 aliphatic rings. The lowest BCUT2D eigenvalue weighted by molar-refractivity contribution is -0.812. The van der Waals surface area contributed by atoms with Gasteiger partial charge in [0.15, 0.2) is 0 Å². The summed E-state index contributed by atoms with van der Waals surface area (Å²) >= 11 is 0. The predicted molar refractivity (Wildman–Crippen MR) is 111 cm³/mol. The second-order valence-corrected chi connectivity index (χ2v) is 13.1. The van der Waals surface area contributed by atoms with E-state index in [1.54, 1.807) is 0 Å². The molecule has 1 spiro atoms. The second kappa shape index (κ2) is 5.50. The van der Waals surface area contributed by atoms with Gasteiger partial charge >= 0.3 is 9.15 Å². The maximum absolute atomic E-state index is 13.4. The van der Waals surface area contributed by atoms with Gasteiger partial charge in [0, 0.05) is 24.4 Å². The van der Waals surface area contributed by atoms with Crippen LogP contribution < -0.4 is 4.90 Å². The third-order valence-electron chi connectivity index (χ3n) is 8.74. The van der Waals surface area contributed by atoms with Crippen LogP contribution in [0.25, 0.3) is 0 Å². The highest BCUT2D eigenvalue weighted by Gasteiger charge is 2.77. The highest BCUT2D eigenvalue weighted by Crippen LogP contribution is 2.69. The van der Waals surface area contributed by atoms with Gasteiger partial charge in [0.25, 0.3) is 0 Å². The van der Waals surface area contributed by atoms with Crippen LogP contribution in [0.5, 0.6) is 0 Å². The van der Waals surface area contributed by atoms with Crippen molar-refractivity contribution in [3.63, 3.8) is 0 Å². The highest BCUT2D eigenvalue weighted by molar-refractivity contribution is 8.67. The molecule has 3 saturated heterocycles. The van der Waals surface area contributed by atoms with Gasteiger partial charge in [-0.1, -0.05) is 24.3 Å². The fourth-order valence-corrected chi connectivity index (χ4v) is 11.0. The van der Waals surface area contributed by atoms with Crippen LogP contribution in [-0.4, -0.2) is 60.7 Å². The molecule has 0 aromatic heterocycles. The van der Waals surface area contributed by atoms with Gasteiger partial charge in [0.05, 0.1) is 37.1 Å². The Balaban J connectivity index is 1.52. The Labute approximate surface area is 178 Å². The van der Waals surface area contributed by atoms with E-state index in [4.69, 9.17) is 4.74 Å². The van der Waals surface area contributed by atoms with Crippen LogP contribution in [0.4, 0.5) is 5.69 Å². The lowest BCUT2D eigenvalue weighted by Crippen LogP contribution is -2.71. The molecule has 5 heterocycles. The summed E-state index contributed by atoms with van der Waals surface area (Å²) in [4.78, 5) is 15.4. The first-order valence-electron chi connectivity index (χ1n) is 10.6. The van der Waals surface area contributed by atoms with E-state index in [-0.39, 0.29) is 35.4 Å². The maximum atomic E-state index is 13.4. The number of hydrogen-bond acceptors (Lipinski definition) is 5. The highest BCUT2D eigenvalue weighted by atomic mass is 33.2. The molecule has 1 aromatic carbocycles. The van der Waals surface area contributed by atoms with Gasteiger partial charge in [0.2, 0.25) is 16.9 Å². The average Bonchev–Trinajstić information content (AvgIpc) is 3.11. The Morgan fingerprint density at radius 2 is 2.13 bits per heavy atom. The Bertz CT molecular complexity index is 1140. The number of ether oxygens (including phenoxy) is 1. The molecule has 7 rings (SSSR count). The lowest BCUT2D eigenvalue weighted by Gasteiger charge is -2.59. The first-order chi connectivity index (χ1) is 14.3. The van der Waals surface area contributed by atoms with Gasteiger partial charge in [-0.25, -0.2) is 3.89 Å². The van der Waals surface area contributed by atoms with Crippen molar-refractivity contribution in [3.8, 4) is 0 Å². The fraction of sp³-hybridized carbons (Fsp3) is 0.571. The summed E-state index contributed by atoms with van der Waals surface area (Å²) in [5, 5.41) is 0. The summed E-state index contributed by atoms with van der Waals surface area (Å²) in [5.41, 5.74) is 3.13. The predicted octanol–water partition coefficient (Wildman–Crippen LogP) is 2.06. The van der Waals surface area contributed by atoms with Crippen molar-refractivity contribution in [3.05, 3.63) is 41.5 Å². The van der Waals surface area contributed by atoms with E-state index >= 15 is 0 Å². The summed E-state index contributed by atoms with van der Waals surface area (Å²) in [6.07, 6.45) is 4.14. The number of hydrogen-bond donors (Lipinski definition) is 1. The normalized spacial score (nSPS) is 45.1. The van der Waals surface area contributed by atoms with Crippen molar-refractivity contribution in [2.45, 2.75) is 42.9 Å². The van der Waals surface area contributed by atoms with Crippen molar-refractivity contribution >= 4 is 31.7 Å². The van der Waals surface area contributed by atoms with Crippen molar-refractivity contribution < 1.29 is 26.4 Å². The Hall–Kier alpha value is -1.39. The molecule has 158 valence electrons. The van der Waals surface area contributed by atoms with Crippen molar-refractivity contribution in [2.75, 3.05) is 24.6 Å². The minimum Gasteiger partial charge on any atom is -0.373 e. The molecule has 0 radical (unpaired) electrons. The number of quaternary nitrogens is 1. The van der Waals surface area contributed by atoms with E-state index in [1.807, 2.05) is 23.1 Å². The smallest absolute Gasteiger partial charge is 0.373 e. The van der Waals surface area contributed by atoms with E-state index in [9.17, 15) is 17.8 Å². The van der Waals surface area contributed by atoms with Gasteiger partial charge in [-0.2, -0.15) is 8.42 Å². The number of amides is 1. The Morgan fingerprint density at radius 1 is 1.30 bits per heavy atom. The Kier molecular flexibility index (Phi) is 3.34. The van der Waals surface area contributed by atoms with E-state index in [1.165, 1.54) is 11.1 Å². The molecule has 1 unspecified atom stereocenters. The van der Waals surface area contributed by atoms with E-state index in [2.05, 4.69) is 12.1 Å². The van der Waals surface area contributed by atoms with Crippen LogP contribution in [0.15, 0.2) is 35.9 Å². The van der Waals surface area contributed by atoms with Crippen LogP contribution in [-0.2, 0) is 24.1 Å². The van der Waals surface area contributed by atoms with Crippen molar-refractivity contribution in [1.29, 1.82) is 0 Å². The molecule has 2 bridgehead atoms. The van der Waals surface area contributed by atoms with Crippen LogP contribution in [0, 0.1) is 11.8 Å². The zero-order chi connectivity index (χ0) is 20.5. The summed E-state index contributed by atoms with van der Waals surface area (Å²) in [7, 11) is -3.51. The summed E-state index contributed by atoms with van der Waals surface area (Å²) in [5.74, 6) is 0.648. The van der Waals surface area contributed by atoms with E-state index in [0.29, 0.717) is 46.9 Å². The molecule has 1 N–H and O–H groups in total. The molecule has 4 fully saturated rings. The number of piperidine rings is 2. The molecule has 1 amide bonds. The molecule has 1 saturated carbocycles. The number of fused-ring (bicyclic) bond motifs is 2. The lowest BCUT2D eigenvalue weighted by atomic mass is 9.53. The SMILES string of the molecule is O=C1C[C@@H]2OCC=C3C[N+]4(SS(=O)(=O)O)CC[C@]56c7ccccc7N1[C@H]5[C@H]2[C@H]3C[C@H]64. The molecule has 7 nitrogen and oxygen atoms in total. The van der Waals surface area contributed by atoms with E-state index in [0.717, 1.165) is 18.5 Å². The average molecular weight is 448 g/mol. The number of benzene rings is 1. The summed E-state index contributed by atoms with van der Waals surface area (Å²) < 4.78 is 40.6. The Morgan fingerprint density at radius 3 is 2.97 bits per heavy atom. The third kappa shape index (κ3) is 1.99. The van der Waals surface area contributed by atoms with E-state index < -0.39 is 9.15 Å². The van der Waals surface area contributed by atoms with Gasteiger partial charge in [0.1, 0.15) is 12.6 Å². The minimum absolute atomic E-state index is 0.00584. The van der Waals surface area contributed by atoms with Gasteiger partial charge in [-0.05, 0) is 23.1 Å². The standard InChI is InChI=1S/C21H22N2O5S2/c24-18-10-16-19-13-9-17-21(14-3-1-2-4-15(14)22(18)20(19)21)6-7-23(17,29-30(25,26)27)11-12(13)5-8-28-16/h1-5,13,16-17,19-20H,6-11H2/p+1/t13-,16-,17+,19-,20-,21+,23?/m0/s1. The monoisotopic (exact) mass is 447 g/mol. The molecule has 9 heteroatoms. The van der Waals surface area contributed by atoms with Crippen LogP contribution in [0.1, 0.15) is 24.8 Å². The van der Waals surface area contributed by atoms with Gasteiger partial charge in [-0.15, -0.1) is 0 Å². The zero-order valence-electron chi connectivity index (χ0n) is 16.3. The largest absolute Gasteiger partial charge is 0.373 e. The second-order valence-electron chi connectivity index (χ2n) is 9.64. The summed E-state index contributed by atoms with van der Waals surface area (Å²) in [6, 6.07) is 8.23.